The van der Waals surface area contributed by atoms with Crippen LogP contribution in [0.2, 0.25) is 5.15 Å². The summed E-state index contributed by atoms with van der Waals surface area (Å²) in [5.41, 5.74) is 1.94. The minimum atomic E-state index is -0.740. The standard InChI is InChI=1S/C21H26ClN3O3S/c1-4-7-8-15-12-14(18(22)24-15)9-10-17-19(26)25(6-3)20(29-17)16(13-23)21(27)28-11-5-2/h5,12,17,24H,2,4,6-11H2,1,3H3. The summed E-state index contributed by atoms with van der Waals surface area (Å²) in [7, 11) is 0. The van der Waals surface area contributed by atoms with E-state index in [2.05, 4.69) is 24.6 Å². The van der Waals surface area contributed by atoms with Crippen molar-refractivity contribution in [3.05, 3.63) is 45.7 Å². The van der Waals surface area contributed by atoms with Gasteiger partial charge in [0.1, 0.15) is 22.9 Å². The van der Waals surface area contributed by atoms with Gasteiger partial charge in [-0.1, -0.05) is 49.4 Å². The summed E-state index contributed by atoms with van der Waals surface area (Å²) < 4.78 is 4.99. The van der Waals surface area contributed by atoms with Gasteiger partial charge in [-0.15, -0.1) is 0 Å². The molecule has 156 valence electrons. The molecule has 29 heavy (non-hydrogen) atoms. The molecule has 1 aliphatic heterocycles. The number of aromatic amines is 1. The number of aryl methyl sites for hydroxylation is 2. The molecule has 1 aromatic rings. The molecular weight excluding hydrogens is 410 g/mol. The fourth-order valence-electron chi connectivity index (χ4n) is 3.09. The van der Waals surface area contributed by atoms with Crippen molar-refractivity contribution in [3.63, 3.8) is 0 Å². The molecule has 6 nitrogen and oxygen atoms in total. The average Bonchev–Trinajstić information content (AvgIpc) is 3.22. The van der Waals surface area contributed by atoms with Gasteiger partial charge >= 0.3 is 5.97 Å². The molecule has 1 unspecified atom stereocenters. The maximum Gasteiger partial charge on any atom is 0.351 e. The largest absolute Gasteiger partial charge is 0.457 e. The summed E-state index contributed by atoms with van der Waals surface area (Å²) in [4.78, 5) is 29.7. The van der Waals surface area contributed by atoms with Crippen molar-refractivity contribution in [1.29, 1.82) is 5.26 Å². The number of hydrogen-bond acceptors (Lipinski definition) is 5. The Labute approximate surface area is 180 Å². The number of halogens is 1. The maximum atomic E-state index is 12.8. The number of esters is 1. The van der Waals surface area contributed by atoms with Crippen LogP contribution in [0, 0.1) is 11.3 Å². The van der Waals surface area contributed by atoms with E-state index in [-0.39, 0.29) is 23.3 Å². The second kappa shape index (κ2) is 11.1. The van der Waals surface area contributed by atoms with Crippen molar-refractivity contribution in [1.82, 2.24) is 9.88 Å². The number of nitrogens with one attached hydrogen (secondary N) is 1. The average molecular weight is 436 g/mol. The smallest absolute Gasteiger partial charge is 0.351 e. The van der Waals surface area contributed by atoms with Crippen LogP contribution in [0.1, 0.15) is 44.4 Å². The van der Waals surface area contributed by atoms with Crippen LogP contribution in [0.4, 0.5) is 0 Å². The second-order valence-electron chi connectivity index (χ2n) is 6.64. The highest BCUT2D eigenvalue weighted by Crippen LogP contribution is 2.39. The number of carbonyl (C=O) groups is 2. The first-order valence-corrected chi connectivity index (χ1v) is 11.0. The van der Waals surface area contributed by atoms with E-state index in [0.717, 1.165) is 30.5 Å². The zero-order valence-corrected chi connectivity index (χ0v) is 18.4. The van der Waals surface area contributed by atoms with Gasteiger partial charge in [0.15, 0.2) is 5.57 Å². The molecule has 1 amide bonds. The predicted molar refractivity (Wildman–Crippen MR) is 115 cm³/mol. The van der Waals surface area contributed by atoms with Crippen LogP contribution in [0.3, 0.4) is 0 Å². The lowest BCUT2D eigenvalue weighted by Gasteiger charge is -2.15. The Morgan fingerprint density at radius 1 is 1.48 bits per heavy atom. The Kier molecular flexibility index (Phi) is 8.87. The van der Waals surface area contributed by atoms with Gasteiger partial charge in [0, 0.05) is 12.2 Å². The lowest BCUT2D eigenvalue weighted by atomic mass is 10.1. The van der Waals surface area contributed by atoms with Crippen molar-refractivity contribution in [2.45, 2.75) is 51.2 Å². The summed E-state index contributed by atoms with van der Waals surface area (Å²) in [5.74, 6) is -0.842. The first-order valence-electron chi connectivity index (χ1n) is 9.73. The molecule has 1 fully saturated rings. The molecular formula is C21H26ClN3O3S. The van der Waals surface area contributed by atoms with Crippen LogP contribution in [0.5, 0.6) is 0 Å². The van der Waals surface area contributed by atoms with E-state index in [9.17, 15) is 14.9 Å². The summed E-state index contributed by atoms with van der Waals surface area (Å²) in [5, 5.41) is 10.1. The monoisotopic (exact) mass is 435 g/mol. The highest BCUT2D eigenvalue weighted by atomic mass is 35.5. The number of hydrogen-bond donors (Lipinski definition) is 1. The summed E-state index contributed by atoms with van der Waals surface area (Å²) in [6.45, 7) is 7.83. The first-order chi connectivity index (χ1) is 14.0. The number of ether oxygens (including phenoxy) is 1. The fourth-order valence-corrected chi connectivity index (χ4v) is 4.68. The molecule has 1 aromatic heterocycles. The lowest BCUT2D eigenvalue weighted by Crippen LogP contribution is -2.29. The van der Waals surface area contributed by atoms with Gasteiger partial charge < -0.3 is 14.6 Å². The van der Waals surface area contributed by atoms with Gasteiger partial charge in [-0.05, 0) is 44.2 Å². The minimum Gasteiger partial charge on any atom is -0.457 e. The van der Waals surface area contributed by atoms with Gasteiger partial charge in [-0.2, -0.15) is 5.26 Å². The van der Waals surface area contributed by atoms with Gasteiger partial charge in [0.05, 0.1) is 5.25 Å². The van der Waals surface area contributed by atoms with Crippen molar-refractivity contribution < 1.29 is 14.3 Å². The number of thioether (sulfide) groups is 1. The van der Waals surface area contributed by atoms with E-state index in [1.54, 1.807) is 0 Å². The summed E-state index contributed by atoms with van der Waals surface area (Å²) >= 11 is 7.56. The van der Waals surface area contributed by atoms with Crippen molar-refractivity contribution in [2.24, 2.45) is 0 Å². The molecule has 1 N–H and O–H groups in total. The SMILES string of the molecule is C=CCOC(=O)C(C#N)=C1SC(CCc2cc(CCCC)[nH]c2Cl)C(=O)N1CC. The maximum absolute atomic E-state index is 12.8. The van der Waals surface area contributed by atoms with Crippen molar-refractivity contribution >= 4 is 35.2 Å². The van der Waals surface area contributed by atoms with Gasteiger partial charge in [0.25, 0.3) is 0 Å². The number of amides is 1. The fraction of sp³-hybridized carbons (Fsp3) is 0.476. The number of carbonyl (C=O) groups excluding carboxylic acids is 2. The molecule has 0 aliphatic carbocycles. The molecule has 8 heteroatoms. The number of unbranched alkanes of at least 4 members (excludes halogenated alkanes) is 1. The normalized spacial score (nSPS) is 17.9. The van der Waals surface area contributed by atoms with Crippen LogP contribution in [0.25, 0.3) is 0 Å². The molecule has 0 radical (unpaired) electrons. The number of nitrogens with zero attached hydrogens (tertiary/aromatic N) is 2. The third-order valence-corrected chi connectivity index (χ3v) is 6.30. The Balaban J connectivity index is 2.13. The van der Waals surface area contributed by atoms with Gasteiger partial charge in [-0.25, -0.2) is 4.79 Å². The Bertz CT molecular complexity index is 841. The molecule has 2 heterocycles. The minimum absolute atomic E-state index is 0.0117. The van der Waals surface area contributed by atoms with Crippen LogP contribution in [-0.2, 0) is 27.2 Å². The number of aromatic nitrogens is 1. The van der Waals surface area contributed by atoms with E-state index in [1.807, 2.05) is 13.0 Å². The predicted octanol–water partition coefficient (Wildman–Crippen LogP) is 4.37. The number of nitriles is 1. The van der Waals surface area contributed by atoms with E-state index < -0.39 is 5.97 Å². The van der Waals surface area contributed by atoms with E-state index >= 15 is 0 Å². The van der Waals surface area contributed by atoms with E-state index in [1.165, 1.54) is 22.7 Å². The third kappa shape index (κ3) is 5.68. The topological polar surface area (TPSA) is 86.2 Å². The second-order valence-corrected chi connectivity index (χ2v) is 8.21. The van der Waals surface area contributed by atoms with Gasteiger partial charge in [-0.3, -0.25) is 4.79 Å². The molecule has 0 bridgehead atoms. The molecule has 2 rings (SSSR count). The van der Waals surface area contributed by atoms with Crippen LogP contribution in [0.15, 0.2) is 29.3 Å². The number of rotatable bonds is 10. The van der Waals surface area contributed by atoms with Crippen molar-refractivity contribution in [3.8, 4) is 6.07 Å². The van der Waals surface area contributed by atoms with Gasteiger partial charge in [0.2, 0.25) is 5.91 Å². The van der Waals surface area contributed by atoms with Crippen LogP contribution in [-0.4, -0.2) is 40.2 Å². The van der Waals surface area contributed by atoms with E-state index in [4.69, 9.17) is 16.3 Å². The molecule has 1 atom stereocenters. The molecule has 0 saturated carbocycles. The molecule has 1 aliphatic rings. The molecule has 0 spiro atoms. The quantitative estimate of drug-likeness (QED) is 0.255. The van der Waals surface area contributed by atoms with Crippen LogP contribution >= 0.6 is 23.4 Å². The highest BCUT2D eigenvalue weighted by Gasteiger charge is 2.39. The zero-order chi connectivity index (χ0) is 21.4. The third-order valence-electron chi connectivity index (χ3n) is 4.60. The zero-order valence-electron chi connectivity index (χ0n) is 16.8. The Hall–Kier alpha value is -2.17. The lowest BCUT2D eigenvalue weighted by molar-refractivity contribution is -0.137. The summed E-state index contributed by atoms with van der Waals surface area (Å²) in [6.07, 6.45) is 5.78. The van der Waals surface area contributed by atoms with Crippen molar-refractivity contribution in [2.75, 3.05) is 13.2 Å². The van der Waals surface area contributed by atoms with Crippen LogP contribution < -0.4 is 0 Å². The Morgan fingerprint density at radius 2 is 2.24 bits per heavy atom. The Morgan fingerprint density at radius 3 is 2.86 bits per heavy atom. The molecule has 0 aromatic carbocycles. The highest BCUT2D eigenvalue weighted by molar-refractivity contribution is 8.04. The number of H-pyrrole nitrogens is 1. The van der Waals surface area contributed by atoms with E-state index in [0.29, 0.717) is 29.6 Å². The summed E-state index contributed by atoms with van der Waals surface area (Å²) in [6, 6.07) is 3.95. The first kappa shape index (κ1) is 23.1. The molecule has 1 saturated heterocycles.